The van der Waals surface area contributed by atoms with Crippen LogP contribution in [0.15, 0.2) is 12.7 Å². The van der Waals surface area contributed by atoms with Gasteiger partial charge >= 0.3 is 0 Å². The number of nitrogens with zero attached hydrogens (tertiary/aromatic N) is 1. The Morgan fingerprint density at radius 2 is 1.79 bits per heavy atom. The highest BCUT2D eigenvalue weighted by molar-refractivity contribution is 7.92. The minimum Gasteiger partial charge on any atom is -0.337 e. The first-order chi connectivity index (χ1) is 6.39. The van der Waals surface area contributed by atoms with Crippen molar-refractivity contribution in [1.29, 1.82) is 0 Å². The molecular weight excluding hydrogens is 202 g/mol. The standard InChI is InChI=1S/C9H15NO3S/c1-4-9(11)10-5-7(2)14(12,13)8(3)6-10/h4,7-8H,1,5-6H2,2-3H3. The third-order valence-electron chi connectivity index (χ3n) is 2.56. The SMILES string of the molecule is C=CC(=O)N1CC(C)S(=O)(=O)C(C)C1. The molecule has 0 bridgehead atoms. The lowest BCUT2D eigenvalue weighted by atomic mass is 10.3. The zero-order valence-electron chi connectivity index (χ0n) is 8.43. The van der Waals surface area contributed by atoms with Crippen molar-refractivity contribution >= 4 is 15.7 Å². The average molecular weight is 217 g/mol. The normalized spacial score (nSPS) is 31.1. The second-order valence-electron chi connectivity index (χ2n) is 3.66. The lowest BCUT2D eigenvalue weighted by Crippen LogP contribution is -2.51. The molecule has 0 aromatic rings. The highest BCUT2D eigenvalue weighted by atomic mass is 32.2. The van der Waals surface area contributed by atoms with Crippen LogP contribution in [0, 0.1) is 0 Å². The second-order valence-corrected chi connectivity index (χ2v) is 6.45. The Morgan fingerprint density at radius 1 is 1.36 bits per heavy atom. The van der Waals surface area contributed by atoms with Gasteiger partial charge in [0, 0.05) is 13.1 Å². The molecule has 1 aliphatic heterocycles. The van der Waals surface area contributed by atoms with E-state index in [1.807, 2.05) is 0 Å². The van der Waals surface area contributed by atoms with Crippen molar-refractivity contribution in [3.8, 4) is 0 Å². The van der Waals surface area contributed by atoms with Crippen LogP contribution in [0.5, 0.6) is 0 Å². The summed E-state index contributed by atoms with van der Waals surface area (Å²) in [4.78, 5) is 12.8. The van der Waals surface area contributed by atoms with E-state index >= 15 is 0 Å². The van der Waals surface area contributed by atoms with Crippen molar-refractivity contribution in [2.75, 3.05) is 13.1 Å². The summed E-state index contributed by atoms with van der Waals surface area (Å²) in [6, 6.07) is 0. The highest BCUT2D eigenvalue weighted by Crippen LogP contribution is 2.18. The Labute approximate surface area is 84.5 Å². The number of carbonyl (C=O) groups excluding carboxylic acids is 1. The lowest BCUT2D eigenvalue weighted by molar-refractivity contribution is -0.126. The lowest BCUT2D eigenvalue weighted by Gasteiger charge is -2.34. The maximum atomic E-state index is 11.6. The summed E-state index contributed by atoms with van der Waals surface area (Å²) in [7, 11) is -3.04. The van der Waals surface area contributed by atoms with Crippen LogP contribution in [0.1, 0.15) is 13.8 Å². The molecule has 1 heterocycles. The molecule has 1 amide bonds. The van der Waals surface area contributed by atoms with E-state index < -0.39 is 20.3 Å². The van der Waals surface area contributed by atoms with Crippen LogP contribution in [0.4, 0.5) is 0 Å². The molecule has 1 aliphatic rings. The third kappa shape index (κ3) is 1.82. The Balaban J connectivity index is 2.86. The summed E-state index contributed by atoms with van der Waals surface area (Å²) in [5.41, 5.74) is 0. The minimum absolute atomic E-state index is 0.196. The summed E-state index contributed by atoms with van der Waals surface area (Å²) in [5.74, 6) is -0.196. The average Bonchev–Trinajstić information content (AvgIpc) is 2.13. The van der Waals surface area contributed by atoms with E-state index in [1.54, 1.807) is 13.8 Å². The van der Waals surface area contributed by atoms with Crippen LogP contribution in [-0.4, -0.2) is 42.8 Å². The van der Waals surface area contributed by atoms with Gasteiger partial charge in [-0.15, -0.1) is 0 Å². The van der Waals surface area contributed by atoms with Gasteiger partial charge in [-0.25, -0.2) is 8.42 Å². The topological polar surface area (TPSA) is 54.5 Å². The van der Waals surface area contributed by atoms with Crippen LogP contribution in [0.3, 0.4) is 0 Å². The van der Waals surface area contributed by atoms with Gasteiger partial charge in [0.2, 0.25) is 5.91 Å². The summed E-state index contributed by atoms with van der Waals surface area (Å²) >= 11 is 0. The summed E-state index contributed by atoms with van der Waals surface area (Å²) in [6.07, 6.45) is 1.22. The maximum absolute atomic E-state index is 11.6. The van der Waals surface area contributed by atoms with Gasteiger partial charge in [-0.3, -0.25) is 4.79 Å². The number of carbonyl (C=O) groups is 1. The molecule has 1 saturated heterocycles. The largest absolute Gasteiger partial charge is 0.337 e. The van der Waals surface area contributed by atoms with Gasteiger partial charge in [-0.2, -0.15) is 0 Å². The van der Waals surface area contributed by atoms with Crippen molar-refractivity contribution in [2.45, 2.75) is 24.3 Å². The van der Waals surface area contributed by atoms with Gasteiger partial charge in [0.25, 0.3) is 0 Å². The van der Waals surface area contributed by atoms with E-state index in [0.717, 1.165) is 0 Å². The number of amides is 1. The van der Waals surface area contributed by atoms with Gasteiger partial charge < -0.3 is 4.90 Å². The molecule has 5 heteroatoms. The Hall–Kier alpha value is -0.840. The number of hydrogen-bond donors (Lipinski definition) is 0. The van der Waals surface area contributed by atoms with Gasteiger partial charge in [0.15, 0.2) is 9.84 Å². The fourth-order valence-electron chi connectivity index (χ4n) is 1.61. The molecular formula is C9H15NO3S. The summed E-state index contributed by atoms with van der Waals surface area (Å²) in [5, 5.41) is -0.953. The van der Waals surface area contributed by atoms with Crippen molar-refractivity contribution in [3.63, 3.8) is 0 Å². The Morgan fingerprint density at radius 3 is 2.14 bits per heavy atom. The smallest absolute Gasteiger partial charge is 0.246 e. The molecule has 0 spiro atoms. The highest BCUT2D eigenvalue weighted by Gasteiger charge is 2.36. The van der Waals surface area contributed by atoms with Gasteiger partial charge in [-0.1, -0.05) is 6.58 Å². The molecule has 80 valence electrons. The second kappa shape index (κ2) is 3.73. The third-order valence-corrected chi connectivity index (χ3v) is 5.10. The van der Waals surface area contributed by atoms with Crippen LogP contribution in [0.2, 0.25) is 0 Å². The molecule has 0 radical (unpaired) electrons. The molecule has 0 aliphatic carbocycles. The van der Waals surface area contributed by atoms with E-state index in [0.29, 0.717) is 0 Å². The van der Waals surface area contributed by atoms with Crippen molar-refractivity contribution in [1.82, 2.24) is 4.90 Å². The van der Waals surface area contributed by atoms with Crippen LogP contribution < -0.4 is 0 Å². The summed E-state index contributed by atoms with van der Waals surface area (Å²) < 4.78 is 23.2. The minimum atomic E-state index is -3.04. The van der Waals surface area contributed by atoms with E-state index in [-0.39, 0.29) is 19.0 Å². The fourth-order valence-corrected chi connectivity index (χ4v) is 3.18. The molecule has 1 rings (SSSR count). The molecule has 0 N–H and O–H groups in total. The van der Waals surface area contributed by atoms with E-state index in [4.69, 9.17) is 0 Å². The van der Waals surface area contributed by atoms with E-state index in [2.05, 4.69) is 6.58 Å². The first-order valence-corrected chi connectivity index (χ1v) is 6.14. The molecule has 14 heavy (non-hydrogen) atoms. The zero-order chi connectivity index (χ0) is 10.9. The van der Waals surface area contributed by atoms with Gasteiger partial charge in [0.1, 0.15) is 0 Å². The van der Waals surface area contributed by atoms with Crippen molar-refractivity contribution < 1.29 is 13.2 Å². The number of sulfone groups is 1. The van der Waals surface area contributed by atoms with Crippen molar-refractivity contribution in [3.05, 3.63) is 12.7 Å². The molecule has 0 aromatic carbocycles. The maximum Gasteiger partial charge on any atom is 0.246 e. The Kier molecular flexibility index (Phi) is 2.99. The molecule has 1 fully saturated rings. The molecule has 4 nitrogen and oxygen atoms in total. The van der Waals surface area contributed by atoms with Crippen LogP contribution in [-0.2, 0) is 14.6 Å². The first-order valence-electron chi connectivity index (χ1n) is 4.53. The van der Waals surface area contributed by atoms with E-state index in [1.165, 1.54) is 11.0 Å². The number of rotatable bonds is 1. The van der Waals surface area contributed by atoms with Crippen LogP contribution in [0.25, 0.3) is 0 Å². The van der Waals surface area contributed by atoms with Gasteiger partial charge in [-0.05, 0) is 19.9 Å². The van der Waals surface area contributed by atoms with Crippen molar-refractivity contribution in [2.24, 2.45) is 0 Å². The quantitative estimate of drug-likeness (QED) is 0.590. The molecule has 0 aromatic heterocycles. The number of hydrogen-bond acceptors (Lipinski definition) is 3. The Bertz CT molecular complexity index is 329. The molecule has 2 atom stereocenters. The van der Waals surface area contributed by atoms with Gasteiger partial charge in [0.05, 0.1) is 10.5 Å². The zero-order valence-corrected chi connectivity index (χ0v) is 9.25. The first kappa shape index (κ1) is 11.2. The predicted octanol–water partition coefficient (Wildman–Crippen LogP) is 0.206. The monoisotopic (exact) mass is 217 g/mol. The molecule has 2 unspecified atom stereocenters. The predicted molar refractivity (Wildman–Crippen MR) is 54.6 cm³/mol. The fraction of sp³-hybridized carbons (Fsp3) is 0.667. The summed E-state index contributed by atoms with van der Waals surface area (Å²) in [6.45, 7) is 7.20. The van der Waals surface area contributed by atoms with Crippen LogP contribution >= 0.6 is 0 Å². The molecule has 0 saturated carbocycles. The van der Waals surface area contributed by atoms with E-state index in [9.17, 15) is 13.2 Å².